The van der Waals surface area contributed by atoms with Crippen LogP contribution in [0.15, 0.2) is 66.7 Å². The number of benzene rings is 3. The maximum atomic E-state index is 13.1. The number of anilines is 1. The van der Waals surface area contributed by atoms with Gasteiger partial charge < -0.3 is 10.8 Å². The van der Waals surface area contributed by atoms with Crippen LogP contribution in [0.3, 0.4) is 0 Å². The van der Waals surface area contributed by atoms with Crippen LogP contribution in [0.2, 0.25) is 0 Å². The lowest BCUT2D eigenvalue weighted by molar-refractivity contribution is 0.0692. The number of carbonyl (C=O) groups excluding carboxylic acids is 2. The molecule has 0 fully saturated rings. The highest BCUT2D eigenvalue weighted by molar-refractivity contribution is 6.23. The Hall–Kier alpha value is -3.73. The van der Waals surface area contributed by atoms with Crippen molar-refractivity contribution in [3.8, 4) is 0 Å². The number of hydrogen-bond acceptors (Lipinski definition) is 4. The zero-order valence-electron chi connectivity index (χ0n) is 14.6. The van der Waals surface area contributed by atoms with Gasteiger partial charge in [0.25, 0.3) is 0 Å². The van der Waals surface area contributed by atoms with Crippen LogP contribution < -0.4 is 5.73 Å². The quantitative estimate of drug-likeness (QED) is 0.534. The van der Waals surface area contributed by atoms with E-state index >= 15 is 0 Å². The van der Waals surface area contributed by atoms with Crippen molar-refractivity contribution in [2.24, 2.45) is 0 Å². The van der Waals surface area contributed by atoms with Crippen molar-refractivity contribution in [3.63, 3.8) is 0 Å². The number of hydrogen-bond donors (Lipinski definition) is 2. The third kappa shape index (κ3) is 3.48. The second-order valence-electron chi connectivity index (χ2n) is 6.14. The van der Waals surface area contributed by atoms with Crippen molar-refractivity contribution in [2.45, 2.75) is 6.92 Å². The molecule has 0 unspecified atom stereocenters. The average molecular weight is 359 g/mol. The van der Waals surface area contributed by atoms with Crippen LogP contribution in [0.1, 0.15) is 47.8 Å². The predicted octanol–water partition coefficient (Wildman–Crippen LogP) is 3.74. The summed E-state index contributed by atoms with van der Waals surface area (Å²) in [6, 6.07) is 17.4. The van der Waals surface area contributed by atoms with Crippen LogP contribution in [-0.4, -0.2) is 22.6 Å². The largest absolute Gasteiger partial charge is 0.478 e. The molecule has 0 heterocycles. The SMILES string of the molecule is Cc1ccc(C(=O)c2c(N)cccc2C(=O)c2ccccc2C(=O)O)cc1. The molecule has 0 aromatic heterocycles. The van der Waals surface area contributed by atoms with Gasteiger partial charge in [0, 0.05) is 22.4 Å². The molecule has 0 bridgehead atoms. The Kier molecular flexibility index (Phi) is 4.86. The number of rotatable bonds is 5. The van der Waals surface area contributed by atoms with Gasteiger partial charge in [0.2, 0.25) is 0 Å². The van der Waals surface area contributed by atoms with Crippen LogP contribution in [0.4, 0.5) is 5.69 Å². The Morgan fingerprint density at radius 3 is 1.96 bits per heavy atom. The molecule has 0 aliphatic carbocycles. The smallest absolute Gasteiger partial charge is 0.336 e. The first-order chi connectivity index (χ1) is 12.9. The monoisotopic (exact) mass is 359 g/mol. The summed E-state index contributed by atoms with van der Waals surface area (Å²) in [4.78, 5) is 37.5. The van der Waals surface area contributed by atoms with Crippen molar-refractivity contribution >= 4 is 23.2 Å². The lowest BCUT2D eigenvalue weighted by Crippen LogP contribution is -2.16. The van der Waals surface area contributed by atoms with Gasteiger partial charge in [-0.2, -0.15) is 0 Å². The fourth-order valence-corrected chi connectivity index (χ4v) is 2.87. The summed E-state index contributed by atoms with van der Waals surface area (Å²) in [5, 5.41) is 9.35. The molecule has 0 saturated heterocycles. The third-order valence-electron chi connectivity index (χ3n) is 4.28. The molecule has 5 nitrogen and oxygen atoms in total. The van der Waals surface area contributed by atoms with Gasteiger partial charge in [-0.1, -0.05) is 60.2 Å². The van der Waals surface area contributed by atoms with Gasteiger partial charge in [0.15, 0.2) is 11.6 Å². The first-order valence-electron chi connectivity index (χ1n) is 8.27. The second kappa shape index (κ2) is 7.25. The standard InChI is InChI=1S/C22H17NO4/c1-13-9-11-14(12-10-13)20(24)19-17(7-4-8-18(19)23)21(25)15-5-2-3-6-16(15)22(26)27/h2-12H,23H2,1H3,(H,26,27). The number of carbonyl (C=O) groups is 3. The van der Waals surface area contributed by atoms with Gasteiger partial charge in [-0.25, -0.2) is 4.79 Å². The lowest BCUT2D eigenvalue weighted by Gasteiger charge is -2.12. The molecular weight excluding hydrogens is 342 g/mol. The molecule has 0 aliphatic rings. The molecule has 0 spiro atoms. The maximum Gasteiger partial charge on any atom is 0.336 e. The molecule has 3 N–H and O–H groups in total. The Bertz CT molecular complexity index is 1050. The first kappa shape index (κ1) is 18.1. The summed E-state index contributed by atoms with van der Waals surface area (Å²) in [6.07, 6.45) is 0. The number of nitrogens with two attached hydrogens (primary N) is 1. The highest BCUT2D eigenvalue weighted by atomic mass is 16.4. The van der Waals surface area contributed by atoms with E-state index in [9.17, 15) is 19.5 Å². The van der Waals surface area contributed by atoms with Gasteiger partial charge in [0.1, 0.15) is 0 Å². The number of nitrogen functional groups attached to an aromatic ring is 1. The molecule has 3 aromatic carbocycles. The van der Waals surface area contributed by atoms with Gasteiger partial charge in [-0.15, -0.1) is 0 Å². The second-order valence-corrected chi connectivity index (χ2v) is 6.14. The fraction of sp³-hybridized carbons (Fsp3) is 0.0455. The Labute approximate surface area is 156 Å². The summed E-state index contributed by atoms with van der Waals surface area (Å²) in [5.41, 5.74) is 7.62. The van der Waals surface area contributed by atoms with Crippen molar-refractivity contribution in [1.82, 2.24) is 0 Å². The zero-order valence-corrected chi connectivity index (χ0v) is 14.6. The summed E-state index contributed by atoms with van der Waals surface area (Å²) >= 11 is 0. The normalized spacial score (nSPS) is 10.4. The molecular formula is C22H17NO4. The molecule has 0 atom stereocenters. The topological polar surface area (TPSA) is 97.5 Å². The van der Waals surface area contributed by atoms with Crippen molar-refractivity contribution in [2.75, 3.05) is 5.73 Å². The Morgan fingerprint density at radius 1 is 0.741 bits per heavy atom. The van der Waals surface area contributed by atoms with E-state index in [0.29, 0.717) is 5.56 Å². The molecule has 0 amide bonds. The van der Waals surface area contributed by atoms with E-state index in [2.05, 4.69) is 0 Å². The van der Waals surface area contributed by atoms with Crippen LogP contribution in [0, 0.1) is 6.92 Å². The van der Waals surface area contributed by atoms with E-state index < -0.39 is 11.8 Å². The molecule has 3 aromatic rings. The molecule has 0 radical (unpaired) electrons. The molecule has 3 rings (SSSR count). The predicted molar refractivity (Wildman–Crippen MR) is 102 cm³/mol. The van der Waals surface area contributed by atoms with Gasteiger partial charge in [-0.05, 0) is 19.1 Å². The van der Waals surface area contributed by atoms with Gasteiger partial charge >= 0.3 is 5.97 Å². The summed E-state index contributed by atoms with van der Waals surface area (Å²) < 4.78 is 0. The van der Waals surface area contributed by atoms with Crippen LogP contribution in [-0.2, 0) is 0 Å². The van der Waals surface area contributed by atoms with E-state index in [0.717, 1.165) is 5.56 Å². The van der Waals surface area contributed by atoms with E-state index in [4.69, 9.17) is 5.73 Å². The number of aromatic carboxylic acids is 1. The summed E-state index contributed by atoms with van der Waals surface area (Å²) in [6.45, 7) is 1.91. The lowest BCUT2D eigenvalue weighted by atomic mass is 9.90. The summed E-state index contributed by atoms with van der Waals surface area (Å²) in [7, 11) is 0. The molecule has 0 saturated carbocycles. The molecule has 0 aliphatic heterocycles. The van der Waals surface area contributed by atoms with Gasteiger partial charge in [-0.3, -0.25) is 9.59 Å². The molecule has 5 heteroatoms. The zero-order chi connectivity index (χ0) is 19.6. The van der Waals surface area contributed by atoms with Crippen molar-refractivity contribution < 1.29 is 19.5 Å². The Balaban J connectivity index is 2.14. The highest BCUT2D eigenvalue weighted by Gasteiger charge is 2.24. The fourth-order valence-electron chi connectivity index (χ4n) is 2.87. The van der Waals surface area contributed by atoms with E-state index in [1.807, 2.05) is 6.92 Å². The van der Waals surface area contributed by atoms with Crippen LogP contribution in [0.25, 0.3) is 0 Å². The average Bonchev–Trinajstić information content (AvgIpc) is 2.67. The Morgan fingerprint density at radius 2 is 1.33 bits per heavy atom. The maximum absolute atomic E-state index is 13.1. The molecule has 134 valence electrons. The van der Waals surface area contributed by atoms with E-state index in [1.165, 1.54) is 24.3 Å². The number of carboxylic acid groups (broad SMARTS) is 1. The van der Waals surface area contributed by atoms with Crippen LogP contribution in [0.5, 0.6) is 0 Å². The van der Waals surface area contributed by atoms with Crippen molar-refractivity contribution in [1.29, 1.82) is 0 Å². The minimum Gasteiger partial charge on any atom is -0.478 e. The van der Waals surface area contributed by atoms with Crippen LogP contribution >= 0.6 is 0 Å². The van der Waals surface area contributed by atoms with Crippen molar-refractivity contribution in [3.05, 3.63) is 100 Å². The van der Waals surface area contributed by atoms with E-state index in [-0.39, 0.29) is 33.7 Å². The number of carboxylic acids is 1. The number of ketones is 2. The van der Waals surface area contributed by atoms with E-state index in [1.54, 1.807) is 42.5 Å². The molecule has 27 heavy (non-hydrogen) atoms. The first-order valence-corrected chi connectivity index (χ1v) is 8.27. The number of aryl methyl sites for hydroxylation is 1. The highest BCUT2D eigenvalue weighted by Crippen LogP contribution is 2.25. The summed E-state index contributed by atoms with van der Waals surface area (Å²) in [5.74, 6) is -2.16. The minimum atomic E-state index is -1.21. The minimum absolute atomic E-state index is 0.00792. The third-order valence-corrected chi connectivity index (χ3v) is 4.28. The van der Waals surface area contributed by atoms with Gasteiger partial charge in [0.05, 0.1) is 11.1 Å².